The molecule has 1 saturated carbocycles. The number of nitrogens with two attached hydrogens (primary N) is 1. The molecule has 0 atom stereocenters. The predicted molar refractivity (Wildman–Crippen MR) is 84.2 cm³/mol. The summed E-state index contributed by atoms with van der Waals surface area (Å²) in [7, 11) is 0. The Morgan fingerprint density at radius 1 is 1.26 bits per heavy atom. The van der Waals surface area contributed by atoms with Crippen LogP contribution >= 0.6 is 15.9 Å². The topological polar surface area (TPSA) is 50.4 Å². The Balaban J connectivity index is 2.22. The molecule has 2 rings (SSSR count). The quantitative estimate of drug-likeness (QED) is 0.287. The summed E-state index contributed by atoms with van der Waals surface area (Å²) in [6.45, 7) is 2.08. The number of aryl methyl sites for hydroxylation is 1. The van der Waals surface area contributed by atoms with Crippen LogP contribution in [-0.4, -0.2) is 11.9 Å². The maximum absolute atomic E-state index is 5.67. The van der Waals surface area contributed by atoms with E-state index >= 15 is 0 Å². The van der Waals surface area contributed by atoms with Gasteiger partial charge in [0.15, 0.2) is 0 Å². The van der Waals surface area contributed by atoms with E-state index in [0.717, 1.165) is 15.9 Å². The molecule has 4 heteroatoms. The number of aliphatic imine (C=N–C) groups is 1. The molecule has 0 radical (unpaired) electrons. The number of halogens is 1. The molecule has 104 valence electrons. The van der Waals surface area contributed by atoms with Crippen LogP contribution in [0.25, 0.3) is 0 Å². The minimum atomic E-state index is 0.404. The van der Waals surface area contributed by atoms with E-state index in [1.807, 2.05) is 0 Å². The Kier molecular flexibility index (Phi) is 5.40. The second-order valence-corrected chi connectivity index (χ2v) is 6.11. The molecule has 3 N–H and O–H groups in total. The van der Waals surface area contributed by atoms with E-state index in [9.17, 15) is 0 Å². The van der Waals surface area contributed by atoms with Crippen molar-refractivity contribution in [3.8, 4) is 0 Å². The third kappa shape index (κ3) is 4.05. The van der Waals surface area contributed by atoms with Gasteiger partial charge in [-0.25, -0.2) is 5.84 Å². The summed E-state index contributed by atoms with van der Waals surface area (Å²) in [5.74, 6) is 6.46. The normalized spacial score (nSPS) is 18.2. The molecule has 0 saturated heterocycles. The average molecular weight is 324 g/mol. The van der Waals surface area contributed by atoms with Gasteiger partial charge in [-0.3, -0.25) is 4.99 Å². The molecule has 0 bridgehead atoms. The first-order chi connectivity index (χ1) is 9.20. The van der Waals surface area contributed by atoms with E-state index in [0.29, 0.717) is 6.04 Å². The number of hydrogen-bond donors (Lipinski definition) is 2. The minimum Gasteiger partial charge on any atom is -0.308 e. The zero-order valence-electron chi connectivity index (χ0n) is 11.5. The Hall–Kier alpha value is -0.870. The first-order valence-corrected chi connectivity index (χ1v) is 7.81. The fourth-order valence-corrected chi connectivity index (χ4v) is 3.25. The van der Waals surface area contributed by atoms with Crippen molar-refractivity contribution in [2.75, 3.05) is 0 Å². The van der Waals surface area contributed by atoms with Gasteiger partial charge in [0, 0.05) is 10.0 Å². The van der Waals surface area contributed by atoms with Crippen molar-refractivity contribution in [3.63, 3.8) is 0 Å². The van der Waals surface area contributed by atoms with Gasteiger partial charge < -0.3 is 5.43 Å². The molecule has 0 amide bonds. The fraction of sp³-hybridized carbons (Fsp3) is 0.533. The number of amidine groups is 1. The highest BCUT2D eigenvalue weighted by atomic mass is 79.9. The Bertz CT molecular complexity index is 449. The summed E-state index contributed by atoms with van der Waals surface area (Å²) in [5.41, 5.74) is 5.03. The first kappa shape index (κ1) is 14.5. The van der Waals surface area contributed by atoms with Crippen LogP contribution in [0.2, 0.25) is 0 Å². The van der Waals surface area contributed by atoms with Crippen LogP contribution < -0.4 is 11.3 Å². The van der Waals surface area contributed by atoms with Gasteiger partial charge in [-0.1, -0.05) is 47.7 Å². The van der Waals surface area contributed by atoms with Gasteiger partial charge in [0.25, 0.3) is 0 Å². The molecule has 1 aliphatic rings. The highest BCUT2D eigenvalue weighted by Gasteiger charge is 2.14. The largest absolute Gasteiger partial charge is 0.308 e. The van der Waals surface area contributed by atoms with Gasteiger partial charge in [0.1, 0.15) is 5.84 Å². The molecule has 1 aromatic rings. The number of rotatable bonds is 2. The number of nitrogens with zero attached hydrogens (tertiary/aromatic N) is 1. The van der Waals surface area contributed by atoms with Crippen LogP contribution in [0.3, 0.4) is 0 Å². The van der Waals surface area contributed by atoms with Gasteiger partial charge in [0.2, 0.25) is 0 Å². The van der Waals surface area contributed by atoms with Crippen LogP contribution in [0.1, 0.15) is 49.7 Å². The van der Waals surface area contributed by atoms with E-state index in [4.69, 9.17) is 10.8 Å². The summed E-state index contributed by atoms with van der Waals surface area (Å²) >= 11 is 3.59. The summed E-state index contributed by atoms with van der Waals surface area (Å²) in [6.07, 6.45) is 7.59. The van der Waals surface area contributed by atoms with Crippen molar-refractivity contribution in [1.29, 1.82) is 0 Å². The molecule has 0 aromatic heterocycles. The highest BCUT2D eigenvalue weighted by molar-refractivity contribution is 9.10. The lowest BCUT2D eigenvalue weighted by atomic mass is 10.1. The monoisotopic (exact) mass is 323 g/mol. The van der Waals surface area contributed by atoms with Crippen LogP contribution in [0.5, 0.6) is 0 Å². The molecule has 19 heavy (non-hydrogen) atoms. The molecule has 1 fully saturated rings. The molecule has 1 aromatic carbocycles. The zero-order chi connectivity index (χ0) is 13.7. The van der Waals surface area contributed by atoms with E-state index < -0.39 is 0 Å². The maximum atomic E-state index is 5.67. The van der Waals surface area contributed by atoms with Crippen LogP contribution in [-0.2, 0) is 0 Å². The lowest BCUT2D eigenvalue weighted by molar-refractivity contribution is 0.583. The minimum absolute atomic E-state index is 0.404. The van der Waals surface area contributed by atoms with Gasteiger partial charge in [-0.05, 0) is 37.5 Å². The van der Waals surface area contributed by atoms with E-state index in [2.05, 4.69) is 46.5 Å². The summed E-state index contributed by atoms with van der Waals surface area (Å²) in [4.78, 5) is 4.83. The van der Waals surface area contributed by atoms with Crippen molar-refractivity contribution in [1.82, 2.24) is 5.43 Å². The number of nitrogens with one attached hydrogen (secondary N) is 1. The van der Waals surface area contributed by atoms with Gasteiger partial charge in [0.05, 0.1) is 6.04 Å². The molecular formula is C15H22BrN3. The van der Waals surface area contributed by atoms with Crippen molar-refractivity contribution < 1.29 is 0 Å². The fourth-order valence-electron chi connectivity index (χ4n) is 2.57. The lowest BCUT2D eigenvalue weighted by Gasteiger charge is -2.14. The molecule has 0 heterocycles. The Morgan fingerprint density at radius 3 is 2.53 bits per heavy atom. The van der Waals surface area contributed by atoms with Crippen LogP contribution in [0.4, 0.5) is 0 Å². The summed E-state index contributed by atoms with van der Waals surface area (Å²) < 4.78 is 1.04. The van der Waals surface area contributed by atoms with Gasteiger partial charge in [-0.2, -0.15) is 0 Å². The number of benzene rings is 1. The third-order valence-corrected chi connectivity index (χ3v) is 4.31. The first-order valence-electron chi connectivity index (χ1n) is 7.01. The molecule has 1 aliphatic carbocycles. The summed E-state index contributed by atoms with van der Waals surface area (Å²) in [5, 5.41) is 0. The molecule has 0 aliphatic heterocycles. The van der Waals surface area contributed by atoms with Crippen molar-refractivity contribution in [2.45, 2.75) is 51.5 Å². The molecule has 0 unspecified atom stereocenters. The second-order valence-electron chi connectivity index (χ2n) is 5.25. The third-order valence-electron chi connectivity index (χ3n) is 3.65. The van der Waals surface area contributed by atoms with Crippen molar-refractivity contribution in [3.05, 3.63) is 33.8 Å². The van der Waals surface area contributed by atoms with Gasteiger partial charge in [-0.15, -0.1) is 0 Å². The standard InChI is InChI=1S/C15H22BrN3/c1-11-8-9-13(14(16)10-11)15(19-17)18-12-6-4-2-3-5-7-12/h8-10,12H,2-7,17H2,1H3,(H,18,19). The predicted octanol–water partition coefficient (Wildman–Crippen LogP) is 3.69. The van der Waals surface area contributed by atoms with Crippen molar-refractivity contribution in [2.24, 2.45) is 10.8 Å². The van der Waals surface area contributed by atoms with E-state index in [-0.39, 0.29) is 0 Å². The van der Waals surface area contributed by atoms with Crippen LogP contribution in [0, 0.1) is 6.92 Å². The number of hydrazine groups is 1. The molecule has 3 nitrogen and oxygen atoms in total. The molecular weight excluding hydrogens is 302 g/mol. The molecule has 0 spiro atoms. The highest BCUT2D eigenvalue weighted by Crippen LogP contribution is 2.22. The average Bonchev–Trinajstić information content (AvgIpc) is 2.65. The van der Waals surface area contributed by atoms with E-state index in [1.165, 1.54) is 44.1 Å². The van der Waals surface area contributed by atoms with E-state index in [1.54, 1.807) is 0 Å². The number of hydrogen-bond acceptors (Lipinski definition) is 2. The SMILES string of the molecule is Cc1ccc(C(=NC2CCCCCC2)NN)c(Br)c1. The van der Waals surface area contributed by atoms with Gasteiger partial charge >= 0.3 is 0 Å². The van der Waals surface area contributed by atoms with Crippen molar-refractivity contribution >= 4 is 21.8 Å². The smallest absolute Gasteiger partial charge is 0.143 e. The lowest BCUT2D eigenvalue weighted by Crippen LogP contribution is -2.32. The Morgan fingerprint density at radius 2 is 1.95 bits per heavy atom. The summed E-state index contributed by atoms with van der Waals surface area (Å²) in [6, 6.07) is 6.64. The second kappa shape index (κ2) is 7.06. The Labute approximate surface area is 123 Å². The zero-order valence-corrected chi connectivity index (χ0v) is 13.0. The maximum Gasteiger partial charge on any atom is 0.143 e. The van der Waals surface area contributed by atoms with Crippen LogP contribution in [0.15, 0.2) is 27.7 Å².